The van der Waals surface area contributed by atoms with Crippen LogP contribution in [0.4, 0.5) is 0 Å². The van der Waals surface area contributed by atoms with Gasteiger partial charge in [-0.3, -0.25) is 9.36 Å². The average Bonchev–Trinajstić information content (AvgIpc) is 3.12. The summed E-state index contributed by atoms with van der Waals surface area (Å²) in [5.41, 5.74) is 3.17. The molecule has 0 spiro atoms. The highest BCUT2D eigenvalue weighted by molar-refractivity contribution is 14.1. The molecule has 36 heavy (non-hydrogen) atoms. The number of nitrogens with zero attached hydrogens (tertiary/aromatic N) is 3. The molecule has 1 aromatic heterocycles. The Morgan fingerprint density at radius 3 is 2.64 bits per heavy atom. The quantitative estimate of drug-likeness (QED) is 0.281. The Hall–Kier alpha value is -2.50. The molecule has 1 atom stereocenters. The van der Waals surface area contributed by atoms with E-state index in [1.165, 1.54) is 11.3 Å². The summed E-state index contributed by atoms with van der Waals surface area (Å²) in [5.74, 6) is 0.0554. The third-order valence-corrected chi connectivity index (χ3v) is 7.92. The number of aryl methyl sites for hydroxylation is 1. The number of nitriles is 1. The second-order valence-electron chi connectivity index (χ2n) is 7.97. The molecule has 0 fully saturated rings. The molecule has 0 bridgehead atoms. The number of hydrogen-bond donors (Lipinski definition) is 0. The monoisotopic (exact) mass is 725 g/mol. The molecule has 1 aliphatic heterocycles. The molecule has 0 radical (unpaired) electrons. The van der Waals surface area contributed by atoms with Gasteiger partial charge < -0.3 is 9.47 Å². The summed E-state index contributed by atoms with van der Waals surface area (Å²) in [4.78, 5) is 31.9. The molecule has 2 aromatic carbocycles. The molecule has 4 rings (SSSR count). The molecule has 7 nitrogen and oxygen atoms in total. The molecule has 0 saturated carbocycles. The first-order valence-electron chi connectivity index (χ1n) is 11.0. The smallest absolute Gasteiger partial charge is 0.338 e. The third kappa shape index (κ3) is 5.28. The molecule has 0 N–H and O–H groups in total. The fourth-order valence-electron chi connectivity index (χ4n) is 3.94. The number of aromatic nitrogens is 1. The minimum atomic E-state index is -0.659. The van der Waals surface area contributed by atoms with E-state index < -0.39 is 12.0 Å². The van der Waals surface area contributed by atoms with Gasteiger partial charge in [-0.15, -0.1) is 0 Å². The van der Waals surface area contributed by atoms with E-state index in [1.54, 1.807) is 24.5 Å². The van der Waals surface area contributed by atoms with E-state index in [2.05, 4.69) is 50.2 Å². The van der Waals surface area contributed by atoms with E-state index >= 15 is 0 Å². The van der Waals surface area contributed by atoms with Crippen molar-refractivity contribution in [3.8, 4) is 11.8 Å². The van der Waals surface area contributed by atoms with E-state index in [-0.39, 0.29) is 18.8 Å². The zero-order valence-corrected chi connectivity index (χ0v) is 24.8. The van der Waals surface area contributed by atoms with Crippen LogP contribution in [-0.2, 0) is 9.53 Å². The van der Waals surface area contributed by atoms with Crippen molar-refractivity contribution < 1.29 is 14.3 Å². The van der Waals surface area contributed by atoms with Gasteiger partial charge in [0, 0.05) is 9.13 Å². The normalized spacial score (nSPS) is 15.2. The number of allylic oxidation sites excluding steroid dienone is 1. The highest BCUT2D eigenvalue weighted by atomic mass is 127. The van der Waals surface area contributed by atoms with Crippen LogP contribution in [0.3, 0.4) is 0 Å². The van der Waals surface area contributed by atoms with Gasteiger partial charge in [-0.05, 0) is 89.7 Å². The molecule has 3 aromatic rings. The molecule has 10 heteroatoms. The van der Waals surface area contributed by atoms with E-state index in [1.807, 2.05) is 49.4 Å². The fourth-order valence-corrected chi connectivity index (χ4v) is 7.02. The molecule has 1 aliphatic rings. The lowest BCUT2D eigenvalue weighted by molar-refractivity contribution is -0.139. The minimum Gasteiger partial charge on any atom is -0.477 e. The summed E-state index contributed by atoms with van der Waals surface area (Å²) in [5, 5.41) is 9.00. The predicted octanol–water partition coefficient (Wildman–Crippen LogP) is 4.22. The largest absolute Gasteiger partial charge is 0.477 e. The van der Waals surface area contributed by atoms with E-state index in [0.29, 0.717) is 31.9 Å². The highest BCUT2D eigenvalue weighted by Gasteiger charge is 2.33. The number of ether oxygens (including phenoxy) is 2. The van der Waals surface area contributed by atoms with Crippen LogP contribution in [0.25, 0.3) is 6.08 Å². The lowest BCUT2D eigenvalue weighted by Gasteiger charge is -2.24. The van der Waals surface area contributed by atoms with Crippen LogP contribution in [0.5, 0.6) is 5.75 Å². The number of esters is 1. The SMILES string of the molecule is CCOC(=O)C1=C(C)N=c2s/c(=C\c3cc(I)cc(I)c3OCC#N)c(=O)n2[C@@H]1c1ccc(C)cc1. The van der Waals surface area contributed by atoms with Crippen LogP contribution in [0, 0.1) is 25.4 Å². The Kier molecular flexibility index (Phi) is 8.31. The summed E-state index contributed by atoms with van der Waals surface area (Å²) in [6, 6.07) is 12.9. The zero-order valence-electron chi connectivity index (χ0n) is 19.7. The van der Waals surface area contributed by atoms with E-state index in [9.17, 15) is 9.59 Å². The second-order valence-corrected chi connectivity index (χ2v) is 11.4. The van der Waals surface area contributed by atoms with Crippen molar-refractivity contribution in [2.24, 2.45) is 4.99 Å². The average molecular weight is 725 g/mol. The van der Waals surface area contributed by atoms with Crippen molar-refractivity contribution in [2.75, 3.05) is 13.2 Å². The summed E-state index contributed by atoms with van der Waals surface area (Å²) >= 11 is 5.61. The highest BCUT2D eigenvalue weighted by Crippen LogP contribution is 2.31. The lowest BCUT2D eigenvalue weighted by atomic mass is 9.95. The Balaban J connectivity index is 1.96. The summed E-state index contributed by atoms with van der Waals surface area (Å²) < 4.78 is 14.8. The first kappa shape index (κ1) is 26.6. The Morgan fingerprint density at radius 1 is 1.25 bits per heavy atom. The summed E-state index contributed by atoms with van der Waals surface area (Å²) in [6.07, 6.45) is 1.76. The maximum atomic E-state index is 13.8. The Morgan fingerprint density at radius 2 is 1.97 bits per heavy atom. The van der Waals surface area contributed by atoms with Crippen LogP contribution in [-0.4, -0.2) is 23.8 Å². The molecular formula is C26H21I2N3O4S. The summed E-state index contributed by atoms with van der Waals surface area (Å²) in [6.45, 7) is 5.61. The van der Waals surface area contributed by atoms with Gasteiger partial charge in [-0.2, -0.15) is 5.26 Å². The number of halogens is 2. The fraction of sp³-hybridized carbons (Fsp3) is 0.231. The van der Waals surface area contributed by atoms with Crippen molar-refractivity contribution in [3.05, 3.63) is 91.2 Å². The molecule has 0 aliphatic carbocycles. The first-order chi connectivity index (χ1) is 17.2. The minimum absolute atomic E-state index is 0.103. The number of rotatable bonds is 6. The number of carbonyl (C=O) groups excluding carboxylic acids is 1. The van der Waals surface area contributed by atoms with Crippen LogP contribution < -0.4 is 19.6 Å². The first-order valence-corrected chi connectivity index (χ1v) is 14.0. The van der Waals surface area contributed by atoms with Crippen LogP contribution in [0.1, 0.15) is 36.6 Å². The molecule has 0 unspecified atom stereocenters. The Bertz CT molecular complexity index is 1600. The van der Waals surface area contributed by atoms with Gasteiger partial charge in [0.1, 0.15) is 11.8 Å². The van der Waals surface area contributed by atoms with Gasteiger partial charge in [0.05, 0.1) is 32.0 Å². The van der Waals surface area contributed by atoms with Gasteiger partial charge in [-0.1, -0.05) is 41.2 Å². The number of hydrogen-bond acceptors (Lipinski definition) is 7. The predicted molar refractivity (Wildman–Crippen MR) is 155 cm³/mol. The van der Waals surface area contributed by atoms with E-state index in [4.69, 9.17) is 14.7 Å². The van der Waals surface area contributed by atoms with Crippen molar-refractivity contribution in [2.45, 2.75) is 26.8 Å². The lowest BCUT2D eigenvalue weighted by Crippen LogP contribution is -2.39. The van der Waals surface area contributed by atoms with Crippen molar-refractivity contribution in [1.29, 1.82) is 5.26 Å². The zero-order chi connectivity index (χ0) is 26.0. The van der Waals surface area contributed by atoms with Gasteiger partial charge in [-0.25, -0.2) is 9.79 Å². The van der Waals surface area contributed by atoms with Crippen molar-refractivity contribution in [1.82, 2.24) is 4.57 Å². The molecule has 0 amide bonds. The maximum Gasteiger partial charge on any atom is 0.338 e. The van der Waals surface area contributed by atoms with Gasteiger partial charge in [0.2, 0.25) is 0 Å². The molecular weight excluding hydrogens is 704 g/mol. The van der Waals surface area contributed by atoms with Crippen molar-refractivity contribution in [3.63, 3.8) is 0 Å². The topological polar surface area (TPSA) is 93.7 Å². The van der Waals surface area contributed by atoms with Crippen molar-refractivity contribution >= 4 is 68.6 Å². The maximum absolute atomic E-state index is 13.8. The van der Waals surface area contributed by atoms with Gasteiger partial charge >= 0.3 is 5.97 Å². The number of carbonyl (C=O) groups is 1. The van der Waals surface area contributed by atoms with Gasteiger partial charge in [0.15, 0.2) is 11.4 Å². The van der Waals surface area contributed by atoms with Crippen LogP contribution >= 0.6 is 56.5 Å². The van der Waals surface area contributed by atoms with Crippen LogP contribution in [0.2, 0.25) is 0 Å². The third-order valence-electron chi connectivity index (χ3n) is 5.51. The Labute approximate surface area is 239 Å². The number of thiazole rings is 1. The number of fused-ring (bicyclic) bond motifs is 1. The van der Waals surface area contributed by atoms with E-state index in [0.717, 1.165) is 18.3 Å². The second kappa shape index (κ2) is 11.3. The molecule has 2 heterocycles. The molecule has 0 saturated heterocycles. The summed E-state index contributed by atoms with van der Waals surface area (Å²) in [7, 11) is 0. The number of benzene rings is 2. The van der Waals surface area contributed by atoms with Gasteiger partial charge in [0.25, 0.3) is 5.56 Å². The van der Waals surface area contributed by atoms with Crippen LogP contribution in [0.15, 0.2) is 57.5 Å². The molecule has 184 valence electrons. The standard InChI is InChI=1S/C26H21I2N3O4S/c1-4-34-25(33)21-15(3)30-26-31(22(21)16-7-5-14(2)6-8-16)24(32)20(36-26)12-17-11-18(27)13-19(28)23(17)35-10-9-29/h5-8,11-13,22H,4,10H2,1-3H3/b20-12-/t22-/m1/s1.